The van der Waals surface area contributed by atoms with Gasteiger partial charge in [-0.2, -0.15) is 5.10 Å². The molecule has 8 heteroatoms. The van der Waals surface area contributed by atoms with Crippen molar-refractivity contribution < 1.29 is 12.8 Å². The van der Waals surface area contributed by atoms with Crippen LogP contribution in [-0.2, 0) is 17.1 Å². The van der Waals surface area contributed by atoms with Gasteiger partial charge in [-0.25, -0.2) is 12.8 Å². The van der Waals surface area contributed by atoms with Gasteiger partial charge in [-0.1, -0.05) is 6.07 Å². The van der Waals surface area contributed by atoms with Crippen molar-refractivity contribution in [3.05, 3.63) is 35.9 Å². The highest BCUT2D eigenvalue weighted by molar-refractivity contribution is 7.92. The number of hydrogen-bond acceptors (Lipinski definition) is 4. The zero-order valence-corrected chi connectivity index (χ0v) is 11.2. The Balaban J connectivity index is 2.44. The number of sulfonamides is 1. The third kappa shape index (κ3) is 2.53. The Morgan fingerprint density at radius 3 is 2.68 bits per heavy atom. The van der Waals surface area contributed by atoms with Crippen LogP contribution in [0.4, 0.5) is 15.8 Å². The number of nitrogens with one attached hydrogen (secondary N) is 1. The van der Waals surface area contributed by atoms with Crippen molar-refractivity contribution in [3.8, 4) is 0 Å². The second kappa shape index (κ2) is 4.54. The van der Waals surface area contributed by atoms with Crippen molar-refractivity contribution in [2.45, 2.75) is 11.8 Å². The molecule has 19 heavy (non-hydrogen) atoms. The smallest absolute Gasteiger partial charge is 0.264 e. The molecule has 0 unspecified atom stereocenters. The molecule has 1 aromatic carbocycles. The van der Waals surface area contributed by atoms with Crippen LogP contribution in [0, 0.1) is 12.7 Å². The summed E-state index contributed by atoms with van der Waals surface area (Å²) in [6.07, 6.45) is 1.52. The first-order valence-electron chi connectivity index (χ1n) is 5.38. The van der Waals surface area contributed by atoms with Crippen LogP contribution in [0.5, 0.6) is 0 Å². The Morgan fingerprint density at radius 2 is 2.11 bits per heavy atom. The number of halogens is 1. The topological polar surface area (TPSA) is 90.0 Å². The van der Waals surface area contributed by atoms with E-state index in [0.717, 1.165) is 6.07 Å². The van der Waals surface area contributed by atoms with Gasteiger partial charge in [0, 0.05) is 13.2 Å². The van der Waals surface area contributed by atoms with Gasteiger partial charge in [0.25, 0.3) is 10.0 Å². The monoisotopic (exact) mass is 284 g/mol. The molecule has 0 saturated heterocycles. The molecule has 1 heterocycles. The molecule has 2 aromatic rings. The lowest BCUT2D eigenvalue weighted by Gasteiger charge is -2.09. The van der Waals surface area contributed by atoms with E-state index in [4.69, 9.17) is 5.73 Å². The van der Waals surface area contributed by atoms with Gasteiger partial charge in [0.1, 0.15) is 10.7 Å². The minimum atomic E-state index is -3.94. The molecule has 0 atom stereocenters. The average Bonchev–Trinajstić information content (AvgIpc) is 2.60. The third-order valence-electron chi connectivity index (χ3n) is 2.56. The van der Waals surface area contributed by atoms with Crippen molar-refractivity contribution >= 4 is 21.4 Å². The maximum atomic E-state index is 13.3. The molecule has 2 rings (SSSR count). The van der Waals surface area contributed by atoms with Crippen molar-refractivity contribution in [2.75, 3.05) is 10.5 Å². The maximum Gasteiger partial charge on any atom is 0.264 e. The van der Waals surface area contributed by atoms with Crippen molar-refractivity contribution in [1.29, 1.82) is 0 Å². The fraction of sp³-hybridized carbons (Fsp3) is 0.182. The summed E-state index contributed by atoms with van der Waals surface area (Å²) in [6.45, 7) is 1.66. The van der Waals surface area contributed by atoms with Crippen LogP contribution in [0.25, 0.3) is 0 Å². The molecule has 0 fully saturated rings. The van der Waals surface area contributed by atoms with Gasteiger partial charge in [-0.3, -0.25) is 9.40 Å². The van der Waals surface area contributed by atoms with Gasteiger partial charge in [-0.15, -0.1) is 0 Å². The molecule has 3 N–H and O–H groups in total. The summed E-state index contributed by atoms with van der Waals surface area (Å²) in [5.41, 5.74) is 5.88. The molecule has 0 bridgehead atoms. The number of nitrogen functional groups attached to an aromatic ring is 1. The minimum absolute atomic E-state index is 0.296. The van der Waals surface area contributed by atoms with Crippen LogP contribution < -0.4 is 10.5 Å². The maximum absolute atomic E-state index is 13.3. The van der Waals surface area contributed by atoms with Gasteiger partial charge in [0.2, 0.25) is 0 Å². The van der Waals surface area contributed by atoms with Gasteiger partial charge >= 0.3 is 0 Å². The Morgan fingerprint density at radius 1 is 1.42 bits per heavy atom. The predicted octanol–water partition coefficient (Wildman–Crippen LogP) is 1.25. The van der Waals surface area contributed by atoms with Crippen LogP contribution >= 0.6 is 0 Å². The van der Waals surface area contributed by atoms with E-state index in [1.165, 1.54) is 23.0 Å². The summed E-state index contributed by atoms with van der Waals surface area (Å²) in [5, 5.41) is 4.01. The van der Waals surface area contributed by atoms with Crippen LogP contribution in [0.1, 0.15) is 5.69 Å². The van der Waals surface area contributed by atoms with Crippen molar-refractivity contribution in [2.24, 2.45) is 7.05 Å². The normalized spacial score (nSPS) is 11.5. The zero-order valence-electron chi connectivity index (χ0n) is 10.4. The fourth-order valence-corrected chi connectivity index (χ4v) is 2.90. The first-order chi connectivity index (χ1) is 8.81. The summed E-state index contributed by atoms with van der Waals surface area (Å²) in [5.74, 6) is -0.772. The highest BCUT2D eigenvalue weighted by atomic mass is 32.2. The fourth-order valence-electron chi connectivity index (χ4n) is 1.65. The summed E-state index contributed by atoms with van der Waals surface area (Å²) >= 11 is 0. The number of aryl methyl sites for hydroxylation is 2. The number of benzene rings is 1. The van der Waals surface area contributed by atoms with E-state index in [0.29, 0.717) is 11.4 Å². The molecule has 0 saturated carbocycles. The Bertz CT molecular complexity index is 724. The van der Waals surface area contributed by atoms with E-state index in [1.807, 2.05) is 0 Å². The molecule has 0 aliphatic carbocycles. The second-order valence-electron chi connectivity index (χ2n) is 4.06. The molecule has 6 nitrogen and oxygen atoms in total. The number of aromatic nitrogens is 2. The van der Waals surface area contributed by atoms with E-state index in [1.54, 1.807) is 14.0 Å². The SMILES string of the molecule is Cc1nn(C)cc1NS(=O)(=O)c1cccc(F)c1N. The molecule has 0 amide bonds. The summed E-state index contributed by atoms with van der Waals surface area (Å²) in [4.78, 5) is -0.296. The number of hydrogen-bond donors (Lipinski definition) is 2. The standard InChI is InChI=1S/C11H13FN4O2S/c1-7-9(6-16(2)14-7)15-19(17,18)10-5-3-4-8(12)11(10)13/h3-6,15H,13H2,1-2H3. The van der Waals surface area contributed by atoms with E-state index in [-0.39, 0.29) is 4.90 Å². The second-order valence-corrected chi connectivity index (χ2v) is 5.71. The Kier molecular flexibility index (Phi) is 3.19. The lowest BCUT2D eigenvalue weighted by molar-refractivity contribution is 0.597. The largest absolute Gasteiger partial charge is 0.395 e. The van der Waals surface area contributed by atoms with Gasteiger partial charge in [-0.05, 0) is 19.1 Å². The summed E-state index contributed by atoms with van der Waals surface area (Å²) in [6, 6.07) is 3.63. The zero-order chi connectivity index (χ0) is 14.2. The highest BCUT2D eigenvalue weighted by Gasteiger charge is 2.21. The number of anilines is 2. The number of rotatable bonds is 3. The number of nitrogens with zero attached hydrogens (tertiary/aromatic N) is 2. The quantitative estimate of drug-likeness (QED) is 0.830. The molecule has 0 aliphatic heterocycles. The van der Waals surface area contributed by atoms with Crippen LogP contribution in [0.15, 0.2) is 29.3 Å². The summed E-state index contributed by atoms with van der Waals surface area (Å²) < 4.78 is 41.4. The number of nitrogens with two attached hydrogens (primary N) is 1. The molecule has 102 valence electrons. The molecule has 1 aromatic heterocycles. The van der Waals surface area contributed by atoms with Crippen LogP contribution in [-0.4, -0.2) is 18.2 Å². The third-order valence-corrected chi connectivity index (χ3v) is 3.98. The van der Waals surface area contributed by atoms with Crippen molar-refractivity contribution in [3.63, 3.8) is 0 Å². The van der Waals surface area contributed by atoms with E-state index in [2.05, 4.69) is 9.82 Å². The minimum Gasteiger partial charge on any atom is -0.395 e. The predicted molar refractivity (Wildman–Crippen MR) is 69.6 cm³/mol. The van der Waals surface area contributed by atoms with Crippen LogP contribution in [0.3, 0.4) is 0 Å². The molecular weight excluding hydrogens is 271 g/mol. The first-order valence-corrected chi connectivity index (χ1v) is 6.86. The molecular formula is C11H13FN4O2S. The molecule has 0 aliphatic rings. The van der Waals surface area contributed by atoms with Crippen molar-refractivity contribution in [1.82, 2.24) is 9.78 Å². The van der Waals surface area contributed by atoms with Crippen LogP contribution in [0.2, 0.25) is 0 Å². The average molecular weight is 284 g/mol. The van der Waals surface area contributed by atoms with Gasteiger partial charge < -0.3 is 5.73 Å². The molecule has 0 radical (unpaired) electrons. The van der Waals surface area contributed by atoms with E-state index < -0.39 is 21.5 Å². The lowest BCUT2D eigenvalue weighted by Crippen LogP contribution is -2.15. The first kappa shape index (κ1) is 13.3. The van der Waals surface area contributed by atoms with Gasteiger partial charge in [0.05, 0.1) is 17.1 Å². The molecule has 0 spiro atoms. The Labute approximate surface area is 110 Å². The number of para-hydroxylation sites is 1. The van der Waals surface area contributed by atoms with Gasteiger partial charge in [0.15, 0.2) is 0 Å². The lowest BCUT2D eigenvalue weighted by atomic mass is 10.3. The summed E-state index contributed by atoms with van der Waals surface area (Å²) in [7, 11) is -2.28. The highest BCUT2D eigenvalue weighted by Crippen LogP contribution is 2.24. The van der Waals surface area contributed by atoms with E-state index in [9.17, 15) is 12.8 Å². The Hall–Kier alpha value is -2.09. The van der Waals surface area contributed by atoms with E-state index >= 15 is 0 Å².